The highest BCUT2D eigenvalue weighted by molar-refractivity contribution is 5.93. The number of nitrogens with zero attached hydrogens (tertiary/aromatic N) is 2. The number of aromatic nitrogens is 2. The lowest BCUT2D eigenvalue weighted by Crippen LogP contribution is -2.03. The number of aryl methyl sites for hydroxylation is 1. The fraction of sp³-hybridized carbons (Fsp3) is 0.231. The Kier molecular flexibility index (Phi) is 6.03. The lowest BCUT2D eigenvalue weighted by molar-refractivity contribution is -0.136. The highest BCUT2D eigenvalue weighted by Crippen LogP contribution is 2.30. The summed E-state index contributed by atoms with van der Waals surface area (Å²) in [6, 6.07) is 24.5. The summed E-state index contributed by atoms with van der Waals surface area (Å²) >= 11 is 0. The van der Waals surface area contributed by atoms with Crippen molar-refractivity contribution in [2.75, 3.05) is 0 Å². The fourth-order valence-electron chi connectivity index (χ4n) is 3.65. The van der Waals surface area contributed by atoms with Crippen LogP contribution in [-0.2, 0) is 17.8 Å². The molecule has 3 aromatic carbocycles. The summed E-state index contributed by atoms with van der Waals surface area (Å²) in [5.74, 6) is -0.0201. The minimum Gasteiger partial charge on any atom is -0.489 e. The molecule has 0 aliphatic carbocycles. The van der Waals surface area contributed by atoms with Gasteiger partial charge in [0.25, 0.3) is 0 Å². The lowest BCUT2D eigenvalue weighted by Gasteiger charge is -2.10. The number of rotatable bonds is 8. The van der Waals surface area contributed by atoms with Crippen molar-refractivity contribution in [1.29, 1.82) is 0 Å². The number of hydrogen-bond donors (Lipinski definition) is 1. The number of ether oxygens (including phenoxy) is 1. The molecule has 0 aliphatic rings. The second kappa shape index (κ2) is 9.04. The highest BCUT2D eigenvalue weighted by atomic mass is 16.5. The van der Waals surface area contributed by atoms with Crippen LogP contribution in [0.3, 0.4) is 0 Å². The van der Waals surface area contributed by atoms with E-state index in [-0.39, 0.29) is 12.5 Å². The highest BCUT2D eigenvalue weighted by Gasteiger charge is 2.14. The van der Waals surface area contributed by atoms with Crippen molar-refractivity contribution in [1.82, 2.24) is 9.78 Å². The van der Waals surface area contributed by atoms with E-state index in [0.717, 1.165) is 39.0 Å². The summed E-state index contributed by atoms with van der Waals surface area (Å²) < 4.78 is 8.04. The molecule has 4 rings (SSSR count). The quantitative estimate of drug-likeness (QED) is 0.391. The van der Waals surface area contributed by atoms with Gasteiger partial charge in [0.05, 0.1) is 5.52 Å². The van der Waals surface area contributed by atoms with Gasteiger partial charge in [0.1, 0.15) is 18.1 Å². The summed E-state index contributed by atoms with van der Waals surface area (Å²) in [5.41, 5.74) is 5.26. The van der Waals surface area contributed by atoms with Crippen molar-refractivity contribution in [2.45, 2.75) is 39.3 Å². The Labute approximate surface area is 181 Å². The van der Waals surface area contributed by atoms with Crippen LogP contribution in [0.5, 0.6) is 5.75 Å². The molecular formula is C26H26N2O3. The number of carbonyl (C=O) groups is 1. The predicted molar refractivity (Wildman–Crippen MR) is 122 cm³/mol. The molecule has 1 N–H and O–H groups in total. The molecule has 5 nitrogen and oxygen atoms in total. The third-order valence-electron chi connectivity index (χ3n) is 5.26. The van der Waals surface area contributed by atoms with E-state index in [2.05, 4.69) is 48.9 Å². The standard InChI is InChI=1S/C26H26N2O3/c1-18(2)28-24-16-20(10-14-23(24)26(27-28)21-6-4-3-5-7-21)17-31-22-12-8-19(9-13-22)11-15-25(29)30/h3-10,12-14,16,18H,11,15,17H2,1-2H3,(H,29,30). The maximum Gasteiger partial charge on any atom is 0.303 e. The molecule has 0 unspecified atom stereocenters. The summed E-state index contributed by atoms with van der Waals surface area (Å²) in [4.78, 5) is 10.7. The van der Waals surface area contributed by atoms with Crippen molar-refractivity contribution in [3.8, 4) is 17.0 Å². The van der Waals surface area contributed by atoms with Gasteiger partial charge < -0.3 is 9.84 Å². The predicted octanol–water partition coefficient (Wildman–Crippen LogP) is 5.88. The SMILES string of the molecule is CC(C)n1nc(-c2ccccc2)c2ccc(COc3ccc(CCC(=O)O)cc3)cc21. The molecule has 0 radical (unpaired) electrons. The van der Waals surface area contributed by atoms with E-state index in [4.69, 9.17) is 14.9 Å². The normalized spacial score (nSPS) is 11.2. The molecule has 5 heteroatoms. The van der Waals surface area contributed by atoms with Gasteiger partial charge in [-0.05, 0) is 49.6 Å². The van der Waals surface area contributed by atoms with Gasteiger partial charge in [0, 0.05) is 23.4 Å². The molecule has 0 amide bonds. The van der Waals surface area contributed by atoms with Crippen LogP contribution in [0, 0.1) is 0 Å². The van der Waals surface area contributed by atoms with Crippen LogP contribution in [-0.4, -0.2) is 20.9 Å². The summed E-state index contributed by atoms with van der Waals surface area (Å²) in [6.45, 7) is 4.72. The van der Waals surface area contributed by atoms with E-state index in [0.29, 0.717) is 13.0 Å². The number of carboxylic acids is 1. The Balaban J connectivity index is 1.54. The van der Waals surface area contributed by atoms with Gasteiger partial charge in [-0.1, -0.05) is 54.6 Å². The topological polar surface area (TPSA) is 64.4 Å². The van der Waals surface area contributed by atoms with Gasteiger partial charge in [-0.3, -0.25) is 9.48 Å². The average molecular weight is 415 g/mol. The molecule has 0 atom stereocenters. The number of aliphatic carboxylic acids is 1. The molecule has 0 saturated heterocycles. The van der Waals surface area contributed by atoms with Crippen molar-refractivity contribution in [3.05, 3.63) is 83.9 Å². The molecule has 0 fully saturated rings. The van der Waals surface area contributed by atoms with Crippen LogP contribution < -0.4 is 4.74 Å². The molecular weight excluding hydrogens is 388 g/mol. The Hall–Kier alpha value is -3.60. The Morgan fingerprint density at radius 3 is 2.39 bits per heavy atom. The molecule has 0 spiro atoms. The number of fused-ring (bicyclic) bond motifs is 1. The van der Waals surface area contributed by atoms with E-state index in [9.17, 15) is 4.79 Å². The van der Waals surface area contributed by atoms with Crippen molar-refractivity contribution in [3.63, 3.8) is 0 Å². The van der Waals surface area contributed by atoms with Gasteiger partial charge >= 0.3 is 5.97 Å². The largest absolute Gasteiger partial charge is 0.489 e. The minimum atomic E-state index is -0.785. The van der Waals surface area contributed by atoms with Crippen molar-refractivity contribution >= 4 is 16.9 Å². The van der Waals surface area contributed by atoms with Crippen LogP contribution in [0.1, 0.15) is 37.4 Å². The van der Waals surface area contributed by atoms with Crippen molar-refractivity contribution < 1.29 is 14.6 Å². The molecule has 0 saturated carbocycles. The zero-order valence-corrected chi connectivity index (χ0v) is 17.8. The summed E-state index contributed by atoms with van der Waals surface area (Å²) in [7, 11) is 0. The van der Waals surface area contributed by atoms with E-state index in [1.807, 2.05) is 42.5 Å². The smallest absolute Gasteiger partial charge is 0.303 e. The molecule has 158 valence electrons. The first kappa shape index (κ1) is 20.7. The maximum absolute atomic E-state index is 10.7. The molecule has 1 heterocycles. The monoisotopic (exact) mass is 414 g/mol. The summed E-state index contributed by atoms with van der Waals surface area (Å²) in [5, 5.41) is 14.8. The molecule has 1 aromatic heterocycles. The minimum absolute atomic E-state index is 0.134. The Morgan fingerprint density at radius 1 is 1.00 bits per heavy atom. The zero-order chi connectivity index (χ0) is 21.8. The van der Waals surface area contributed by atoms with E-state index in [1.54, 1.807) is 0 Å². The lowest BCUT2D eigenvalue weighted by atomic mass is 10.1. The number of carboxylic acid groups (broad SMARTS) is 1. The van der Waals surface area contributed by atoms with Crippen LogP contribution in [0.25, 0.3) is 22.2 Å². The van der Waals surface area contributed by atoms with Gasteiger partial charge in [-0.25, -0.2) is 0 Å². The Bertz CT molecular complexity index is 1180. The third kappa shape index (κ3) is 4.77. The molecule has 4 aromatic rings. The van der Waals surface area contributed by atoms with Crippen LogP contribution in [0.2, 0.25) is 0 Å². The molecule has 0 aliphatic heterocycles. The van der Waals surface area contributed by atoms with E-state index < -0.39 is 5.97 Å². The van der Waals surface area contributed by atoms with Gasteiger partial charge in [-0.2, -0.15) is 5.10 Å². The van der Waals surface area contributed by atoms with Crippen LogP contribution in [0.15, 0.2) is 72.8 Å². The van der Waals surface area contributed by atoms with Gasteiger partial charge in [0.2, 0.25) is 0 Å². The van der Waals surface area contributed by atoms with Gasteiger partial charge in [0.15, 0.2) is 0 Å². The third-order valence-corrected chi connectivity index (χ3v) is 5.26. The van der Waals surface area contributed by atoms with E-state index >= 15 is 0 Å². The second-order valence-electron chi connectivity index (χ2n) is 7.93. The van der Waals surface area contributed by atoms with Crippen LogP contribution >= 0.6 is 0 Å². The maximum atomic E-state index is 10.7. The number of benzene rings is 3. The number of hydrogen-bond acceptors (Lipinski definition) is 3. The van der Waals surface area contributed by atoms with E-state index in [1.165, 1.54) is 0 Å². The summed E-state index contributed by atoms with van der Waals surface area (Å²) in [6.07, 6.45) is 0.657. The zero-order valence-electron chi connectivity index (χ0n) is 17.8. The van der Waals surface area contributed by atoms with Gasteiger partial charge in [-0.15, -0.1) is 0 Å². The average Bonchev–Trinajstić information content (AvgIpc) is 3.17. The first-order valence-corrected chi connectivity index (χ1v) is 10.5. The second-order valence-corrected chi connectivity index (χ2v) is 7.93. The molecule has 31 heavy (non-hydrogen) atoms. The molecule has 0 bridgehead atoms. The Morgan fingerprint density at radius 2 is 1.71 bits per heavy atom. The van der Waals surface area contributed by atoms with Crippen LogP contribution in [0.4, 0.5) is 0 Å². The fourth-order valence-corrected chi connectivity index (χ4v) is 3.65. The first-order valence-electron chi connectivity index (χ1n) is 10.5. The first-order chi connectivity index (χ1) is 15.0. The van der Waals surface area contributed by atoms with Crippen molar-refractivity contribution in [2.24, 2.45) is 0 Å².